The Balaban J connectivity index is 1.71. The summed E-state index contributed by atoms with van der Waals surface area (Å²) < 4.78 is 17.7. The molecule has 162 valence electrons. The van der Waals surface area contributed by atoms with Gasteiger partial charge in [-0.1, -0.05) is 54.6 Å². The number of esters is 1. The van der Waals surface area contributed by atoms with Crippen molar-refractivity contribution in [1.29, 1.82) is 0 Å². The molecule has 0 N–H and O–H groups in total. The molecule has 0 aromatic heterocycles. The highest BCUT2D eigenvalue weighted by atomic mass is 16.6. The second kappa shape index (κ2) is 9.12. The standard InChI is InChI=1S/C27H26NO4/c1-28(2)18-17-23(19-28)32-27(29)26(31-22-15-13-21(30-3)14-16-22)25-12-8-7-11-24(25)20-9-5-4-6-10-20/h4-19,26H,1-3H3/q+1. The molecule has 32 heavy (non-hydrogen) atoms. The normalized spacial score (nSPS) is 15.0. The van der Waals surface area contributed by atoms with Gasteiger partial charge in [-0.3, -0.25) is 4.48 Å². The third kappa shape index (κ3) is 4.90. The fraction of sp³-hybridized carbons (Fsp3) is 0.148. The Morgan fingerprint density at radius 3 is 2.16 bits per heavy atom. The number of hydrogen-bond acceptors (Lipinski definition) is 4. The Kier molecular flexibility index (Phi) is 6.10. The number of ether oxygens (including phenoxy) is 3. The predicted octanol–water partition coefficient (Wildman–Crippen LogP) is 5.47. The molecule has 1 aliphatic heterocycles. The van der Waals surface area contributed by atoms with Crippen LogP contribution in [-0.2, 0) is 9.53 Å². The summed E-state index contributed by atoms with van der Waals surface area (Å²) in [4.78, 5) is 13.4. The summed E-state index contributed by atoms with van der Waals surface area (Å²) in [6.45, 7) is 0. The molecular formula is C27H26NO4+. The van der Waals surface area contributed by atoms with Crippen LogP contribution in [0, 0.1) is 0 Å². The van der Waals surface area contributed by atoms with E-state index in [1.54, 1.807) is 37.5 Å². The molecule has 3 aromatic carbocycles. The molecule has 1 heterocycles. The monoisotopic (exact) mass is 428 g/mol. The average molecular weight is 429 g/mol. The molecule has 0 radical (unpaired) electrons. The molecule has 0 spiro atoms. The molecule has 1 atom stereocenters. The molecule has 0 bridgehead atoms. The van der Waals surface area contributed by atoms with E-state index in [4.69, 9.17) is 14.2 Å². The molecule has 4 rings (SSSR count). The van der Waals surface area contributed by atoms with Crippen LogP contribution in [0.2, 0.25) is 0 Å². The number of hydrogen-bond donors (Lipinski definition) is 0. The summed E-state index contributed by atoms with van der Waals surface area (Å²) in [6.07, 6.45) is 4.65. The van der Waals surface area contributed by atoms with Gasteiger partial charge in [0.1, 0.15) is 23.9 Å². The first-order valence-electron chi connectivity index (χ1n) is 10.4. The topological polar surface area (TPSA) is 44.8 Å². The number of carbonyl (C=O) groups is 1. The van der Waals surface area contributed by atoms with Crippen LogP contribution in [0.4, 0.5) is 0 Å². The minimum atomic E-state index is -0.953. The van der Waals surface area contributed by atoms with Crippen molar-refractivity contribution < 1.29 is 23.5 Å². The van der Waals surface area contributed by atoms with Gasteiger partial charge in [-0.25, -0.2) is 4.79 Å². The fourth-order valence-electron chi connectivity index (χ4n) is 3.54. The number of carbonyl (C=O) groups excluding carboxylic acids is 1. The van der Waals surface area contributed by atoms with E-state index in [-0.39, 0.29) is 0 Å². The number of quaternary nitrogens is 1. The maximum atomic E-state index is 13.4. The van der Waals surface area contributed by atoms with Crippen molar-refractivity contribution in [3.63, 3.8) is 0 Å². The van der Waals surface area contributed by atoms with Crippen molar-refractivity contribution in [1.82, 2.24) is 0 Å². The van der Waals surface area contributed by atoms with Gasteiger partial charge in [-0.15, -0.1) is 0 Å². The number of benzene rings is 3. The average Bonchev–Trinajstić information content (AvgIpc) is 3.16. The highest BCUT2D eigenvalue weighted by molar-refractivity contribution is 5.82. The van der Waals surface area contributed by atoms with Gasteiger partial charge in [0.25, 0.3) is 0 Å². The van der Waals surface area contributed by atoms with Crippen molar-refractivity contribution in [3.8, 4) is 22.6 Å². The Hall–Kier alpha value is -3.83. The molecule has 5 heteroatoms. The molecule has 0 amide bonds. The molecule has 3 aromatic rings. The van der Waals surface area contributed by atoms with Crippen LogP contribution in [0.25, 0.3) is 11.1 Å². The quantitative estimate of drug-likeness (QED) is 0.370. The lowest BCUT2D eigenvalue weighted by atomic mass is 9.96. The molecule has 0 saturated heterocycles. The molecule has 5 nitrogen and oxygen atoms in total. The van der Waals surface area contributed by atoms with Crippen LogP contribution in [0.3, 0.4) is 0 Å². The minimum Gasteiger partial charge on any atom is -0.497 e. The summed E-state index contributed by atoms with van der Waals surface area (Å²) in [5, 5.41) is 0. The van der Waals surface area contributed by atoms with Crippen molar-refractivity contribution in [3.05, 3.63) is 109 Å². The molecule has 1 unspecified atom stereocenters. The fourth-order valence-corrected chi connectivity index (χ4v) is 3.54. The van der Waals surface area contributed by atoms with Crippen LogP contribution in [0.15, 0.2) is 103 Å². The zero-order valence-corrected chi connectivity index (χ0v) is 18.4. The van der Waals surface area contributed by atoms with Gasteiger partial charge < -0.3 is 14.2 Å². The number of rotatable bonds is 7. The van der Waals surface area contributed by atoms with Gasteiger partial charge in [-0.05, 0) is 35.4 Å². The first kappa shape index (κ1) is 21.4. The van der Waals surface area contributed by atoms with Crippen LogP contribution < -0.4 is 9.47 Å². The molecule has 0 aliphatic carbocycles. The van der Waals surface area contributed by atoms with Gasteiger partial charge in [0, 0.05) is 11.6 Å². The van der Waals surface area contributed by atoms with Crippen LogP contribution in [0.1, 0.15) is 11.7 Å². The summed E-state index contributed by atoms with van der Waals surface area (Å²) in [5.74, 6) is 1.27. The van der Waals surface area contributed by atoms with E-state index in [0.29, 0.717) is 21.7 Å². The maximum absolute atomic E-state index is 13.4. The molecule has 1 aliphatic rings. The summed E-state index contributed by atoms with van der Waals surface area (Å²) in [6, 6.07) is 24.8. The molecular weight excluding hydrogens is 402 g/mol. The lowest BCUT2D eigenvalue weighted by Gasteiger charge is -2.21. The van der Waals surface area contributed by atoms with E-state index in [2.05, 4.69) is 0 Å². The lowest BCUT2D eigenvalue weighted by molar-refractivity contribution is -0.782. The van der Waals surface area contributed by atoms with Crippen LogP contribution in [-0.4, -0.2) is 31.7 Å². The highest BCUT2D eigenvalue weighted by Crippen LogP contribution is 2.33. The van der Waals surface area contributed by atoms with E-state index in [1.807, 2.05) is 81.1 Å². The first-order chi connectivity index (χ1) is 15.4. The maximum Gasteiger partial charge on any atom is 0.357 e. The summed E-state index contributed by atoms with van der Waals surface area (Å²) in [5.41, 5.74) is 2.64. The third-order valence-corrected chi connectivity index (χ3v) is 5.16. The summed E-state index contributed by atoms with van der Waals surface area (Å²) in [7, 11) is 5.59. The van der Waals surface area contributed by atoms with Crippen LogP contribution in [0.5, 0.6) is 11.5 Å². The Morgan fingerprint density at radius 1 is 0.844 bits per heavy atom. The van der Waals surface area contributed by atoms with Gasteiger partial charge in [0.05, 0.1) is 21.2 Å². The molecule has 0 saturated carbocycles. The largest absolute Gasteiger partial charge is 0.497 e. The first-order valence-corrected chi connectivity index (χ1v) is 10.4. The molecule has 0 fully saturated rings. The Labute approximate surface area is 188 Å². The predicted molar refractivity (Wildman–Crippen MR) is 124 cm³/mol. The van der Waals surface area contributed by atoms with Crippen molar-refractivity contribution in [2.45, 2.75) is 6.10 Å². The smallest absolute Gasteiger partial charge is 0.357 e. The van der Waals surface area contributed by atoms with Crippen molar-refractivity contribution in [2.75, 3.05) is 21.2 Å². The highest BCUT2D eigenvalue weighted by Gasteiger charge is 2.30. The lowest BCUT2D eigenvalue weighted by Crippen LogP contribution is -2.24. The number of allylic oxidation sites excluding steroid dienone is 1. The van der Waals surface area contributed by atoms with E-state index in [9.17, 15) is 4.79 Å². The number of nitrogens with zero attached hydrogens (tertiary/aromatic N) is 1. The van der Waals surface area contributed by atoms with E-state index in [0.717, 1.165) is 16.7 Å². The Bertz CT molecular complexity index is 1150. The van der Waals surface area contributed by atoms with Crippen molar-refractivity contribution >= 4 is 5.97 Å². The SMILES string of the molecule is COc1ccc(OC(C(=O)OC2=C[N+](C)(C)C=C2)c2ccccc2-c2ccccc2)cc1. The van der Waals surface area contributed by atoms with Gasteiger partial charge in [0.15, 0.2) is 5.76 Å². The van der Waals surface area contributed by atoms with Gasteiger partial charge in [0.2, 0.25) is 6.10 Å². The van der Waals surface area contributed by atoms with E-state index in [1.165, 1.54) is 0 Å². The van der Waals surface area contributed by atoms with E-state index >= 15 is 0 Å². The number of methoxy groups -OCH3 is 1. The third-order valence-electron chi connectivity index (χ3n) is 5.16. The zero-order chi connectivity index (χ0) is 22.6. The second-order valence-corrected chi connectivity index (χ2v) is 8.02. The Morgan fingerprint density at radius 2 is 1.50 bits per heavy atom. The summed E-state index contributed by atoms with van der Waals surface area (Å²) >= 11 is 0. The van der Waals surface area contributed by atoms with Gasteiger partial charge in [-0.2, -0.15) is 0 Å². The van der Waals surface area contributed by atoms with Crippen molar-refractivity contribution in [2.24, 2.45) is 0 Å². The van der Waals surface area contributed by atoms with Gasteiger partial charge >= 0.3 is 5.97 Å². The second-order valence-electron chi connectivity index (χ2n) is 8.02. The van der Waals surface area contributed by atoms with Crippen LogP contribution >= 0.6 is 0 Å². The van der Waals surface area contributed by atoms with E-state index < -0.39 is 12.1 Å². The zero-order valence-electron chi connectivity index (χ0n) is 18.4. The minimum absolute atomic E-state index is 0.484.